The van der Waals surface area contributed by atoms with Crippen LogP contribution in [0.25, 0.3) is 16.8 Å². The van der Waals surface area contributed by atoms with Crippen LogP contribution in [0.15, 0.2) is 33.3 Å². The van der Waals surface area contributed by atoms with Gasteiger partial charge < -0.3 is 8.83 Å². The maximum atomic E-state index is 11.7. The number of aryl methyl sites for hydroxylation is 2. The van der Waals surface area contributed by atoms with Crippen molar-refractivity contribution in [2.24, 2.45) is 0 Å². The monoisotopic (exact) mass is 316 g/mol. The fraction of sp³-hybridized carbons (Fsp3) is 0.143. The van der Waals surface area contributed by atoms with Gasteiger partial charge in [0.25, 0.3) is 11.8 Å². The number of aromatic nitrogens is 3. The van der Waals surface area contributed by atoms with Crippen LogP contribution in [0.3, 0.4) is 0 Å². The fourth-order valence-electron chi connectivity index (χ4n) is 1.79. The van der Waals surface area contributed by atoms with Crippen LogP contribution in [0.5, 0.6) is 0 Å². The third-order valence-corrected chi connectivity index (χ3v) is 3.76. The zero-order valence-electron chi connectivity index (χ0n) is 11.9. The average Bonchev–Trinajstić information content (AvgIpc) is 3.18. The van der Waals surface area contributed by atoms with Crippen molar-refractivity contribution in [1.82, 2.24) is 15.2 Å². The molecule has 0 bridgehead atoms. The Hall–Kier alpha value is -2.74. The molecule has 0 saturated heterocycles. The van der Waals surface area contributed by atoms with E-state index in [0.29, 0.717) is 11.7 Å². The molecule has 0 atom stereocenters. The van der Waals surface area contributed by atoms with Crippen molar-refractivity contribution >= 4 is 29.3 Å². The molecule has 3 aromatic heterocycles. The average molecular weight is 316 g/mol. The van der Waals surface area contributed by atoms with Gasteiger partial charge in [-0.05, 0) is 32.1 Å². The van der Waals surface area contributed by atoms with Gasteiger partial charge in [0, 0.05) is 6.08 Å². The van der Waals surface area contributed by atoms with Crippen molar-refractivity contribution in [1.29, 1.82) is 0 Å². The van der Waals surface area contributed by atoms with Crippen molar-refractivity contribution in [2.45, 2.75) is 13.8 Å². The van der Waals surface area contributed by atoms with Gasteiger partial charge in [0.1, 0.15) is 10.6 Å². The van der Waals surface area contributed by atoms with Crippen LogP contribution < -0.4 is 5.32 Å². The number of carbonyl (C=O) groups is 1. The van der Waals surface area contributed by atoms with Crippen LogP contribution in [0, 0.1) is 13.8 Å². The molecule has 7 nitrogen and oxygen atoms in total. The molecule has 0 aliphatic heterocycles. The predicted molar refractivity (Wildman–Crippen MR) is 81.3 cm³/mol. The largest absolute Gasteiger partial charge is 0.465 e. The number of hydrogen-bond donors (Lipinski definition) is 1. The first-order valence-corrected chi connectivity index (χ1v) is 7.24. The highest BCUT2D eigenvalue weighted by atomic mass is 32.1. The zero-order chi connectivity index (χ0) is 15.5. The standard InChI is InChI=1S/C14H12N4O3S/c1-8-12(22-9(2)15-8)13-17-18-14(21-13)16-11(19)6-5-10-4-3-7-20-10/h3-7H,1-2H3,(H,16,18,19)/b6-5+. The van der Waals surface area contributed by atoms with Gasteiger partial charge in [-0.25, -0.2) is 4.98 Å². The van der Waals surface area contributed by atoms with Crippen LogP contribution in [0.4, 0.5) is 6.01 Å². The van der Waals surface area contributed by atoms with Crippen molar-refractivity contribution in [3.05, 3.63) is 40.9 Å². The molecule has 22 heavy (non-hydrogen) atoms. The number of nitrogens with one attached hydrogen (secondary N) is 1. The second kappa shape index (κ2) is 5.94. The molecule has 0 aliphatic carbocycles. The molecule has 3 heterocycles. The zero-order valence-corrected chi connectivity index (χ0v) is 12.7. The lowest BCUT2D eigenvalue weighted by molar-refractivity contribution is -0.112. The second-order valence-electron chi connectivity index (χ2n) is 4.40. The molecule has 0 aromatic carbocycles. The molecule has 0 saturated carbocycles. The highest BCUT2D eigenvalue weighted by molar-refractivity contribution is 7.15. The first-order chi connectivity index (χ1) is 10.6. The van der Waals surface area contributed by atoms with Gasteiger partial charge in [0.05, 0.1) is 17.0 Å². The smallest absolute Gasteiger partial charge is 0.322 e. The minimum atomic E-state index is -0.385. The summed E-state index contributed by atoms with van der Waals surface area (Å²) in [5, 5.41) is 11.1. The van der Waals surface area contributed by atoms with Gasteiger partial charge in [-0.3, -0.25) is 10.1 Å². The Bertz CT molecular complexity index is 817. The molecule has 0 fully saturated rings. The molecule has 0 radical (unpaired) electrons. The van der Waals surface area contributed by atoms with E-state index in [1.165, 1.54) is 23.7 Å². The number of hydrogen-bond acceptors (Lipinski definition) is 7. The SMILES string of the molecule is Cc1nc(C)c(-c2nnc(NC(=O)/C=C/c3ccco3)o2)s1. The van der Waals surface area contributed by atoms with E-state index in [-0.39, 0.29) is 11.9 Å². The quantitative estimate of drug-likeness (QED) is 0.743. The minimum absolute atomic E-state index is 0.0366. The summed E-state index contributed by atoms with van der Waals surface area (Å²) in [5.41, 5.74) is 0.821. The number of rotatable bonds is 4. The van der Waals surface area contributed by atoms with Gasteiger partial charge in [-0.1, -0.05) is 5.10 Å². The Morgan fingerprint density at radius 1 is 1.36 bits per heavy atom. The van der Waals surface area contributed by atoms with Gasteiger partial charge in [-0.15, -0.1) is 16.4 Å². The van der Waals surface area contributed by atoms with Crippen LogP contribution in [0.2, 0.25) is 0 Å². The lowest BCUT2D eigenvalue weighted by Crippen LogP contribution is -2.07. The normalized spacial score (nSPS) is 11.2. The molecular formula is C14H12N4O3S. The van der Waals surface area contributed by atoms with Crippen LogP contribution in [0.1, 0.15) is 16.5 Å². The Balaban J connectivity index is 1.69. The second-order valence-corrected chi connectivity index (χ2v) is 5.60. The third kappa shape index (κ3) is 3.12. The molecule has 0 spiro atoms. The summed E-state index contributed by atoms with van der Waals surface area (Å²) in [4.78, 5) is 16.8. The van der Waals surface area contributed by atoms with Crippen molar-refractivity contribution in [2.75, 3.05) is 5.32 Å². The number of thiazole rings is 1. The van der Waals surface area contributed by atoms with Gasteiger partial charge in [0.15, 0.2) is 0 Å². The molecule has 3 rings (SSSR count). The fourth-order valence-corrected chi connectivity index (χ4v) is 2.63. The maximum Gasteiger partial charge on any atom is 0.322 e. The van der Waals surface area contributed by atoms with E-state index in [9.17, 15) is 4.79 Å². The lowest BCUT2D eigenvalue weighted by atomic mass is 10.4. The molecule has 8 heteroatoms. The predicted octanol–water partition coefficient (Wildman–Crippen LogP) is 3.05. The summed E-state index contributed by atoms with van der Waals surface area (Å²) in [6, 6.07) is 3.51. The van der Waals surface area contributed by atoms with E-state index in [1.54, 1.807) is 18.2 Å². The first kappa shape index (κ1) is 14.2. The summed E-state index contributed by atoms with van der Waals surface area (Å²) < 4.78 is 10.5. The molecule has 3 aromatic rings. The van der Waals surface area contributed by atoms with Crippen molar-refractivity contribution in [3.63, 3.8) is 0 Å². The van der Waals surface area contributed by atoms with Gasteiger partial charge in [-0.2, -0.15) is 0 Å². The van der Waals surface area contributed by atoms with E-state index in [2.05, 4.69) is 20.5 Å². The molecule has 1 N–H and O–H groups in total. The highest BCUT2D eigenvalue weighted by Gasteiger charge is 2.15. The summed E-state index contributed by atoms with van der Waals surface area (Å²) in [5.74, 6) is 0.536. The number of furan rings is 1. The number of carbonyl (C=O) groups excluding carboxylic acids is 1. The molecule has 0 unspecified atom stereocenters. The van der Waals surface area contributed by atoms with E-state index < -0.39 is 0 Å². The summed E-state index contributed by atoms with van der Waals surface area (Å²) in [6.07, 6.45) is 4.40. The first-order valence-electron chi connectivity index (χ1n) is 6.42. The van der Waals surface area contributed by atoms with Crippen molar-refractivity contribution < 1.29 is 13.6 Å². The van der Waals surface area contributed by atoms with Gasteiger partial charge in [0.2, 0.25) is 0 Å². The summed E-state index contributed by atoms with van der Waals surface area (Å²) >= 11 is 1.46. The van der Waals surface area contributed by atoms with Gasteiger partial charge >= 0.3 is 6.01 Å². The van der Waals surface area contributed by atoms with Crippen LogP contribution in [-0.2, 0) is 4.79 Å². The minimum Gasteiger partial charge on any atom is -0.465 e. The molecule has 1 amide bonds. The lowest BCUT2D eigenvalue weighted by Gasteiger charge is -1.93. The molecular weight excluding hydrogens is 304 g/mol. The molecule has 112 valence electrons. The van der Waals surface area contributed by atoms with E-state index in [1.807, 2.05) is 13.8 Å². The third-order valence-electron chi connectivity index (χ3n) is 2.70. The Kier molecular flexibility index (Phi) is 3.84. The summed E-state index contributed by atoms with van der Waals surface area (Å²) in [6.45, 7) is 3.77. The maximum absolute atomic E-state index is 11.7. The van der Waals surface area contributed by atoms with E-state index in [0.717, 1.165) is 15.6 Å². The summed E-state index contributed by atoms with van der Waals surface area (Å²) in [7, 11) is 0. The van der Waals surface area contributed by atoms with Crippen molar-refractivity contribution in [3.8, 4) is 10.8 Å². The topological polar surface area (TPSA) is 94.1 Å². The van der Waals surface area contributed by atoms with Crippen LogP contribution in [-0.4, -0.2) is 21.1 Å². The number of amides is 1. The highest BCUT2D eigenvalue weighted by Crippen LogP contribution is 2.29. The molecule has 0 aliphatic rings. The number of anilines is 1. The van der Waals surface area contributed by atoms with Crippen LogP contribution >= 0.6 is 11.3 Å². The Morgan fingerprint density at radius 3 is 2.91 bits per heavy atom. The van der Waals surface area contributed by atoms with E-state index in [4.69, 9.17) is 8.83 Å². The van der Waals surface area contributed by atoms with E-state index >= 15 is 0 Å². The Labute approximate surface area is 129 Å². The number of nitrogens with zero attached hydrogens (tertiary/aromatic N) is 3. The Morgan fingerprint density at radius 2 is 2.23 bits per heavy atom.